The second-order valence-electron chi connectivity index (χ2n) is 4.05. The van der Waals surface area contributed by atoms with E-state index in [9.17, 15) is 4.39 Å². The van der Waals surface area contributed by atoms with Crippen LogP contribution in [0.3, 0.4) is 0 Å². The van der Waals surface area contributed by atoms with Crippen molar-refractivity contribution in [1.82, 2.24) is 9.78 Å². The molecule has 4 nitrogen and oxygen atoms in total. The maximum Gasteiger partial charge on any atom is 0.165 e. The number of rotatable bonds is 5. The van der Waals surface area contributed by atoms with E-state index < -0.39 is 5.82 Å². The predicted octanol–water partition coefficient (Wildman–Crippen LogP) is 2.86. The normalized spacial score (nSPS) is 10.4. The highest BCUT2D eigenvalue weighted by atomic mass is 32.1. The van der Waals surface area contributed by atoms with Crippen LogP contribution in [0.2, 0.25) is 0 Å². The Morgan fingerprint density at radius 2 is 2.32 bits per heavy atom. The minimum absolute atomic E-state index is 0.0930. The number of nitrogens with zero attached hydrogens (tertiary/aromatic N) is 2. The van der Waals surface area contributed by atoms with Crippen LogP contribution in [-0.4, -0.2) is 14.8 Å². The van der Waals surface area contributed by atoms with Gasteiger partial charge in [0.15, 0.2) is 5.75 Å². The summed E-state index contributed by atoms with van der Waals surface area (Å²) in [5.41, 5.74) is 5.93. The van der Waals surface area contributed by atoms with Gasteiger partial charge in [-0.15, -0.1) is 0 Å². The standard InChI is InChI=1S/C13H14FN3OS/c1-2-5-17-8-10(7-16-17)18-12-4-3-9(14)6-11(12)13(15)19/h3-4,6-8H,2,5H2,1H3,(H2,15,19). The molecule has 2 rings (SSSR count). The summed E-state index contributed by atoms with van der Waals surface area (Å²) in [6.45, 7) is 2.88. The maximum absolute atomic E-state index is 13.2. The Labute approximate surface area is 116 Å². The SMILES string of the molecule is CCCn1cc(Oc2ccc(F)cc2C(N)=S)cn1. The molecule has 19 heavy (non-hydrogen) atoms. The zero-order chi connectivity index (χ0) is 13.8. The zero-order valence-corrected chi connectivity index (χ0v) is 11.3. The van der Waals surface area contributed by atoms with Gasteiger partial charge in [-0.3, -0.25) is 4.68 Å². The first-order valence-corrected chi connectivity index (χ1v) is 6.30. The fraction of sp³-hybridized carbons (Fsp3) is 0.231. The number of hydrogen-bond donors (Lipinski definition) is 1. The number of halogens is 1. The molecule has 1 aromatic carbocycles. The molecule has 0 aliphatic carbocycles. The molecule has 100 valence electrons. The molecule has 0 bridgehead atoms. The van der Waals surface area contributed by atoms with Crippen molar-refractivity contribution in [1.29, 1.82) is 0 Å². The molecular formula is C13H14FN3OS. The number of hydrogen-bond acceptors (Lipinski definition) is 3. The lowest BCUT2D eigenvalue weighted by Gasteiger charge is -2.08. The highest BCUT2D eigenvalue weighted by Crippen LogP contribution is 2.25. The van der Waals surface area contributed by atoms with Gasteiger partial charge in [-0.25, -0.2) is 4.39 Å². The monoisotopic (exact) mass is 279 g/mol. The first kappa shape index (κ1) is 13.5. The highest BCUT2D eigenvalue weighted by molar-refractivity contribution is 7.80. The van der Waals surface area contributed by atoms with Crippen molar-refractivity contribution >= 4 is 17.2 Å². The molecule has 0 aliphatic rings. The van der Waals surface area contributed by atoms with E-state index in [-0.39, 0.29) is 4.99 Å². The van der Waals surface area contributed by atoms with Gasteiger partial charge in [0.1, 0.15) is 16.6 Å². The minimum atomic E-state index is -0.406. The van der Waals surface area contributed by atoms with E-state index in [0.717, 1.165) is 13.0 Å². The number of nitrogens with two attached hydrogens (primary N) is 1. The molecule has 0 fully saturated rings. The Morgan fingerprint density at radius 1 is 1.53 bits per heavy atom. The van der Waals surface area contributed by atoms with E-state index in [1.54, 1.807) is 17.1 Å². The largest absolute Gasteiger partial charge is 0.453 e. The Morgan fingerprint density at radius 3 is 3.00 bits per heavy atom. The molecule has 1 aromatic heterocycles. The van der Waals surface area contributed by atoms with Crippen LogP contribution in [0.25, 0.3) is 0 Å². The molecule has 0 saturated carbocycles. The van der Waals surface area contributed by atoms with Crippen LogP contribution < -0.4 is 10.5 Å². The van der Waals surface area contributed by atoms with Crippen LogP contribution in [-0.2, 0) is 6.54 Å². The van der Waals surface area contributed by atoms with Crippen molar-refractivity contribution in [2.24, 2.45) is 5.73 Å². The predicted molar refractivity (Wildman–Crippen MR) is 74.9 cm³/mol. The summed E-state index contributed by atoms with van der Waals surface area (Å²) in [6.07, 6.45) is 4.36. The second-order valence-corrected chi connectivity index (χ2v) is 4.49. The molecule has 0 atom stereocenters. The second kappa shape index (κ2) is 5.79. The molecule has 0 amide bonds. The number of benzene rings is 1. The summed E-state index contributed by atoms with van der Waals surface area (Å²) < 4.78 is 20.6. The van der Waals surface area contributed by atoms with Gasteiger partial charge in [0, 0.05) is 6.54 Å². The molecule has 0 aliphatic heterocycles. The summed E-state index contributed by atoms with van der Waals surface area (Å²) in [7, 11) is 0. The molecule has 6 heteroatoms. The third kappa shape index (κ3) is 3.29. The number of thiocarbonyl (C=S) groups is 1. The van der Waals surface area contributed by atoms with Gasteiger partial charge < -0.3 is 10.5 Å². The minimum Gasteiger partial charge on any atom is -0.453 e. The molecular weight excluding hydrogens is 265 g/mol. The van der Waals surface area contributed by atoms with Gasteiger partial charge >= 0.3 is 0 Å². The third-order valence-corrected chi connectivity index (χ3v) is 2.72. The van der Waals surface area contributed by atoms with Gasteiger partial charge in [0.05, 0.1) is 18.0 Å². The van der Waals surface area contributed by atoms with E-state index in [2.05, 4.69) is 12.0 Å². The third-order valence-electron chi connectivity index (χ3n) is 2.50. The lowest BCUT2D eigenvalue weighted by molar-refractivity contribution is 0.477. The van der Waals surface area contributed by atoms with Crippen molar-refractivity contribution < 1.29 is 9.13 Å². The van der Waals surface area contributed by atoms with Crippen LogP contribution in [0.1, 0.15) is 18.9 Å². The summed E-state index contributed by atoms with van der Waals surface area (Å²) in [5.74, 6) is 0.583. The molecule has 2 N–H and O–H groups in total. The molecule has 2 aromatic rings. The quantitative estimate of drug-likeness (QED) is 0.855. The fourth-order valence-electron chi connectivity index (χ4n) is 1.66. The van der Waals surface area contributed by atoms with E-state index >= 15 is 0 Å². The Bertz CT molecular complexity index is 597. The van der Waals surface area contributed by atoms with Gasteiger partial charge in [-0.05, 0) is 24.6 Å². The molecule has 0 unspecified atom stereocenters. The van der Waals surface area contributed by atoms with Crippen LogP contribution in [0.4, 0.5) is 4.39 Å². The van der Waals surface area contributed by atoms with Crippen LogP contribution in [0.15, 0.2) is 30.6 Å². The lowest BCUT2D eigenvalue weighted by atomic mass is 10.2. The van der Waals surface area contributed by atoms with E-state index in [1.165, 1.54) is 18.2 Å². The first-order chi connectivity index (χ1) is 9.10. The van der Waals surface area contributed by atoms with Crippen LogP contribution in [0, 0.1) is 5.82 Å². The average Bonchev–Trinajstić information content (AvgIpc) is 2.79. The molecule has 0 radical (unpaired) electrons. The Kier molecular flexibility index (Phi) is 4.11. The average molecular weight is 279 g/mol. The Hall–Kier alpha value is -1.95. The molecule has 0 saturated heterocycles. The van der Waals surface area contributed by atoms with Crippen LogP contribution >= 0.6 is 12.2 Å². The summed E-state index contributed by atoms with van der Waals surface area (Å²) >= 11 is 4.88. The smallest absolute Gasteiger partial charge is 0.165 e. The van der Waals surface area contributed by atoms with E-state index in [0.29, 0.717) is 17.1 Å². The topological polar surface area (TPSA) is 53.1 Å². The summed E-state index contributed by atoms with van der Waals surface area (Å²) in [4.78, 5) is 0.0930. The van der Waals surface area contributed by atoms with Crippen molar-refractivity contribution in [3.8, 4) is 11.5 Å². The van der Waals surface area contributed by atoms with Gasteiger partial charge in [-0.1, -0.05) is 19.1 Å². The summed E-state index contributed by atoms with van der Waals surface area (Å²) in [5, 5.41) is 4.15. The lowest BCUT2D eigenvalue weighted by Crippen LogP contribution is -2.11. The Balaban J connectivity index is 2.24. The highest BCUT2D eigenvalue weighted by Gasteiger charge is 2.10. The van der Waals surface area contributed by atoms with E-state index in [4.69, 9.17) is 22.7 Å². The maximum atomic E-state index is 13.2. The van der Waals surface area contributed by atoms with Crippen LogP contribution in [0.5, 0.6) is 11.5 Å². The number of ether oxygens (including phenoxy) is 1. The van der Waals surface area contributed by atoms with Crippen molar-refractivity contribution in [2.75, 3.05) is 0 Å². The zero-order valence-electron chi connectivity index (χ0n) is 10.5. The molecule has 1 heterocycles. The van der Waals surface area contributed by atoms with Crippen molar-refractivity contribution in [2.45, 2.75) is 19.9 Å². The van der Waals surface area contributed by atoms with Gasteiger partial charge in [0.25, 0.3) is 0 Å². The van der Waals surface area contributed by atoms with E-state index in [1.807, 2.05) is 0 Å². The fourth-order valence-corrected chi connectivity index (χ4v) is 1.82. The molecule has 0 spiro atoms. The number of aromatic nitrogens is 2. The van der Waals surface area contributed by atoms with Gasteiger partial charge in [-0.2, -0.15) is 5.10 Å². The van der Waals surface area contributed by atoms with Gasteiger partial charge in [0.2, 0.25) is 0 Å². The number of aryl methyl sites for hydroxylation is 1. The van der Waals surface area contributed by atoms with Crippen molar-refractivity contribution in [3.63, 3.8) is 0 Å². The first-order valence-electron chi connectivity index (χ1n) is 5.90. The summed E-state index contributed by atoms with van der Waals surface area (Å²) in [6, 6.07) is 4.06. The van der Waals surface area contributed by atoms with Crippen molar-refractivity contribution in [3.05, 3.63) is 42.0 Å².